The van der Waals surface area contributed by atoms with Gasteiger partial charge in [-0.25, -0.2) is 0 Å². The maximum absolute atomic E-state index is 13.0. The third-order valence-electron chi connectivity index (χ3n) is 4.99. The Hall–Kier alpha value is -3.52. The van der Waals surface area contributed by atoms with Crippen LogP contribution < -0.4 is 0 Å². The van der Waals surface area contributed by atoms with E-state index in [1.54, 1.807) is 48.5 Å². The minimum atomic E-state index is -0.476. The zero-order chi connectivity index (χ0) is 22.1. The van der Waals surface area contributed by atoms with Gasteiger partial charge in [0.05, 0.1) is 28.3 Å². The first kappa shape index (κ1) is 20.7. The van der Waals surface area contributed by atoms with E-state index in [4.69, 9.17) is 16.0 Å². The van der Waals surface area contributed by atoms with Gasteiger partial charge in [0.15, 0.2) is 0 Å². The minimum Gasteiger partial charge on any atom is -0.419 e. The van der Waals surface area contributed by atoms with Gasteiger partial charge in [-0.1, -0.05) is 35.9 Å². The Kier molecular flexibility index (Phi) is 5.56. The van der Waals surface area contributed by atoms with E-state index in [-0.39, 0.29) is 30.9 Å². The summed E-state index contributed by atoms with van der Waals surface area (Å²) in [5.74, 6) is -0.883. The van der Waals surface area contributed by atoms with Crippen LogP contribution in [0, 0.1) is 0 Å². The van der Waals surface area contributed by atoms with E-state index < -0.39 is 17.7 Å². The van der Waals surface area contributed by atoms with Gasteiger partial charge >= 0.3 is 0 Å². The Labute approximate surface area is 183 Å². The molecule has 2 heterocycles. The van der Waals surface area contributed by atoms with Gasteiger partial charge in [-0.3, -0.25) is 19.3 Å². The molecule has 0 bridgehead atoms. The summed E-state index contributed by atoms with van der Waals surface area (Å²) in [6.45, 7) is 3.32. The minimum absolute atomic E-state index is 0.0388. The predicted molar refractivity (Wildman–Crippen MR) is 112 cm³/mol. The molecule has 0 unspecified atom stereocenters. The molecule has 3 aromatic rings. The number of aromatic nitrogens is 2. The SMILES string of the molecule is CC(C)N(Cc1nnc(-c2ccccc2Cl)o1)C(=O)CN1C(=O)c2ccccc2C1=O. The van der Waals surface area contributed by atoms with E-state index in [9.17, 15) is 14.4 Å². The van der Waals surface area contributed by atoms with Gasteiger partial charge < -0.3 is 9.32 Å². The van der Waals surface area contributed by atoms with Crippen LogP contribution >= 0.6 is 11.6 Å². The molecule has 158 valence electrons. The highest BCUT2D eigenvalue weighted by molar-refractivity contribution is 6.33. The zero-order valence-corrected chi connectivity index (χ0v) is 17.7. The summed E-state index contributed by atoms with van der Waals surface area (Å²) in [6.07, 6.45) is 0. The van der Waals surface area contributed by atoms with Crippen LogP contribution in [0.4, 0.5) is 0 Å². The van der Waals surface area contributed by atoms with Crippen LogP contribution in [0.1, 0.15) is 40.5 Å². The van der Waals surface area contributed by atoms with Crippen LogP contribution in [-0.4, -0.2) is 50.3 Å². The molecule has 0 spiro atoms. The van der Waals surface area contributed by atoms with Crippen molar-refractivity contribution in [3.8, 4) is 11.5 Å². The van der Waals surface area contributed by atoms with E-state index in [1.165, 1.54) is 4.90 Å². The van der Waals surface area contributed by atoms with Crippen molar-refractivity contribution in [3.63, 3.8) is 0 Å². The van der Waals surface area contributed by atoms with Crippen LogP contribution in [0.25, 0.3) is 11.5 Å². The second-order valence-electron chi connectivity index (χ2n) is 7.34. The van der Waals surface area contributed by atoms with Crippen molar-refractivity contribution in [1.29, 1.82) is 0 Å². The molecule has 0 saturated carbocycles. The van der Waals surface area contributed by atoms with Gasteiger partial charge in [0, 0.05) is 6.04 Å². The number of halogens is 1. The average Bonchev–Trinajstić information content (AvgIpc) is 3.31. The molecule has 0 aliphatic carbocycles. The zero-order valence-electron chi connectivity index (χ0n) is 16.9. The predicted octanol–water partition coefficient (Wildman–Crippen LogP) is 3.42. The topological polar surface area (TPSA) is 96.6 Å². The van der Waals surface area contributed by atoms with E-state index in [0.29, 0.717) is 21.7 Å². The molecular formula is C22H19ClN4O4. The Morgan fingerprint density at radius 1 is 1.00 bits per heavy atom. The molecule has 2 aromatic carbocycles. The lowest BCUT2D eigenvalue weighted by molar-refractivity contribution is -0.134. The van der Waals surface area contributed by atoms with Crippen LogP contribution in [0.3, 0.4) is 0 Å². The average molecular weight is 439 g/mol. The lowest BCUT2D eigenvalue weighted by Gasteiger charge is -2.27. The summed E-state index contributed by atoms with van der Waals surface area (Å²) in [6, 6.07) is 13.4. The van der Waals surface area contributed by atoms with Crippen molar-refractivity contribution >= 4 is 29.3 Å². The Morgan fingerprint density at radius 2 is 1.58 bits per heavy atom. The number of rotatable bonds is 6. The number of imide groups is 1. The number of carbonyl (C=O) groups is 3. The first-order valence-electron chi connectivity index (χ1n) is 9.68. The molecule has 31 heavy (non-hydrogen) atoms. The molecule has 8 nitrogen and oxygen atoms in total. The fourth-order valence-electron chi connectivity index (χ4n) is 3.37. The van der Waals surface area contributed by atoms with Crippen LogP contribution in [0.2, 0.25) is 5.02 Å². The summed E-state index contributed by atoms with van der Waals surface area (Å²) < 4.78 is 5.70. The fraction of sp³-hybridized carbons (Fsp3) is 0.227. The quantitative estimate of drug-likeness (QED) is 0.547. The van der Waals surface area contributed by atoms with Gasteiger partial charge in [-0.05, 0) is 38.1 Å². The third kappa shape index (κ3) is 3.94. The van der Waals surface area contributed by atoms with Gasteiger partial charge in [-0.15, -0.1) is 10.2 Å². The van der Waals surface area contributed by atoms with Crippen molar-refractivity contribution in [1.82, 2.24) is 20.0 Å². The summed E-state index contributed by atoms with van der Waals surface area (Å²) in [7, 11) is 0. The van der Waals surface area contributed by atoms with Gasteiger partial charge in [0.25, 0.3) is 11.8 Å². The van der Waals surface area contributed by atoms with Crippen LogP contribution in [0.5, 0.6) is 0 Å². The number of nitrogens with zero attached hydrogens (tertiary/aromatic N) is 4. The molecule has 1 aliphatic heterocycles. The van der Waals surface area contributed by atoms with E-state index in [0.717, 1.165) is 4.90 Å². The summed E-state index contributed by atoms with van der Waals surface area (Å²) >= 11 is 6.17. The number of hydrogen-bond donors (Lipinski definition) is 0. The molecule has 0 radical (unpaired) electrons. The van der Waals surface area contributed by atoms with Crippen molar-refractivity contribution in [2.45, 2.75) is 26.4 Å². The molecule has 0 fully saturated rings. The largest absolute Gasteiger partial charge is 0.419 e. The lowest BCUT2D eigenvalue weighted by atomic mass is 10.1. The third-order valence-corrected chi connectivity index (χ3v) is 5.32. The van der Waals surface area contributed by atoms with E-state index in [1.807, 2.05) is 13.8 Å². The highest BCUT2D eigenvalue weighted by Gasteiger charge is 2.37. The van der Waals surface area contributed by atoms with Crippen molar-refractivity contribution in [3.05, 3.63) is 70.6 Å². The number of amides is 3. The molecule has 0 N–H and O–H groups in total. The Morgan fingerprint density at radius 3 is 2.16 bits per heavy atom. The Bertz CT molecular complexity index is 1140. The summed E-state index contributed by atoms with van der Waals surface area (Å²) in [5.41, 5.74) is 1.20. The maximum Gasteiger partial charge on any atom is 0.262 e. The monoisotopic (exact) mass is 438 g/mol. The second-order valence-corrected chi connectivity index (χ2v) is 7.75. The first-order chi connectivity index (χ1) is 14.9. The van der Waals surface area contributed by atoms with Crippen molar-refractivity contribution in [2.24, 2.45) is 0 Å². The van der Waals surface area contributed by atoms with Gasteiger partial charge in [0.1, 0.15) is 6.54 Å². The summed E-state index contributed by atoms with van der Waals surface area (Å²) in [5, 5.41) is 8.50. The number of fused-ring (bicyclic) bond motifs is 1. The standard InChI is InChI=1S/C22H19ClN4O4/c1-13(2)26(11-18-24-25-20(31-18)16-9-5-6-10-17(16)23)19(28)12-27-21(29)14-7-3-4-8-15(14)22(27)30/h3-10,13H,11-12H2,1-2H3. The van der Waals surface area contributed by atoms with Crippen LogP contribution in [0.15, 0.2) is 52.9 Å². The lowest BCUT2D eigenvalue weighted by Crippen LogP contribution is -2.45. The molecule has 3 amide bonds. The van der Waals surface area contributed by atoms with Gasteiger partial charge in [-0.2, -0.15) is 0 Å². The molecule has 0 saturated heterocycles. The molecule has 1 aromatic heterocycles. The molecular weight excluding hydrogens is 420 g/mol. The van der Waals surface area contributed by atoms with E-state index in [2.05, 4.69) is 10.2 Å². The highest BCUT2D eigenvalue weighted by Crippen LogP contribution is 2.27. The van der Waals surface area contributed by atoms with Crippen molar-refractivity contribution < 1.29 is 18.8 Å². The molecule has 4 rings (SSSR count). The Balaban J connectivity index is 1.50. The van der Waals surface area contributed by atoms with Gasteiger partial charge in [0.2, 0.25) is 17.7 Å². The number of carbonyl (C=O) groups excluding carboxylic acids is 3. The molecule has 0 atom stereocenters. The maximum atomic E-state index is 13.0. The van der Waals surface area contributed by atoms with Crippen molar-refractivity contribution in [2.75, 3.05) is 6.54 Å². The molecule has 1 aliphatic rings. The van der Waals surface area contributed by atoms with E-state index >= 15 is 0 Å². The smallest absolute Gasteiger partial charge is 0.262 e. The highest BCUT2D eigenvalue weighted by atomic mass is 35.5. The first-order valence-corrected chi connectivity index (χ1v) is 10.1. The number of hydrogen-bond acceptors (Lipinski definition) is 6. The molecule has 9 heteroatoms. The second kappa shape index (κ2) is 8.31. The fourth-order valence-corrected chi connectivity index (χ4v) is 3.59. The normalized spacial score (nSPS) is 13.1. The van der Waals surface area contributed by atoms with Crippen LogP contribution in [-0.2, 0) is 11.3 Å². The summed E-state index contributed by atoms with van der Waals surface area (Å²) in [4.78, 5) is 40.6. The number of benzene rings is 2.